The van der Waals surface area contributed by atoms with Gasteiger partial charge in [-0.1, -0.05) is 0 Å². The molecule has 0 bridgehead atoms. The summed E-state index contributed by atoms with van der Waals surface area (Å²) in [6, 6.07) is 10.0. The molecule has 6 nitrogen and oxygen atoms in total. The fourth-order valence-corrected chi connectivity index (χ4v) is 4.11. The number of likely N-dealkylation sites (tertiary alicyclic amines) is 1. The predicted octanol–water partition coefficient (Wildman–Crippen LogP) is 2.92. The Morgan fingerprint density at radius 1 is 1.14 bits per heavy atom. The van der Waals surface area contributed by atoms with Gasteiger partial charge in [0.05, 0.1) is 4.90 Å². The summed E-state index contributed by atoms with van der Waals surface area (Å²) in [5, 5.41) is 0. The van der Waals surface area contributed by atoms with Gasteiger partial charge in [-0.2, -0.15) is 0 Å². The van der Waals surface area contributed by atoms with Crippen molar-refractivity contribution >= 4 is 34.0 Å². The van der Waals surface area contributed by atoms with Crippen molar-refractivity contribution in [1.82, 2.24) is 4.90 Å². The van der Waals surface area contributed by atoms with Crippen molar-refractivity contribution < 1.29 is 17.6 Å². The number of benzene rings is 2. The Balaban J connectivity index is 0.00000280. The number of carbonyl (C=O) groups is 1. The highest BCUT2D eigenvalue weighted by Gasteiger charge is 2.22. The van der Waals surface area contributed by atoms with E-state index in [4.69, 9.17) is 5.73 Å². The number of nitrogens with one attached hydrogen (secondary N) is 1. The summed E-state index contributed by atoms with van der Waals surface area (Å²) in [5.74, 6) is -0.555. The number of aryl methyl sites for hydroxylation is 1. The topological polar surface area (TPSA) is 92.5 Å². The zero-order valence-electron chi connectivity index (χ0n) is 15.4. The third-order valence-electron chi connectivity index (χ3n) is 4.65. The predicted molar refractivity (Wildman–Crippen MR) is 109 cm³/mol. The number of anilines is 1. The van der Waals surface area contributed by atoms with Crippen molar-refractivity contribution in [2.75, 3.05) is 17.8 Å². The molecule has 1 aliphatic rings. The molecule has 0 spiro atoms. The van der Waals surface area contributed by atoms with Crippen LogP contribution in [0.4, 0.5) is 10.1 Å². The molecule has 0 atom stereocenters. The number of hydrogen-bond donors (Lipinski definition) is 2. The van der Waals surface area contributed by atoms with Crippen LogP contribution in [0.15, 0.2) is 47.4 Å². The first-order valence-electron chi connectivity index (χ1n) is 8.70. The number of sulfonamides is 1. The lowest BCUT2D eigenvalue weighted by Crippen LogP contribution is -2.42. The summed E-state index contributed by atoms with van der Waals surface area (Å²) in [7, 11) is -3.84. The maximum absolute atomic E-state index is 13.4. The Morgan fingerprint density at radius 3 is 2.32 bits per heavy atom. The lowest BCUT2D eigenvalue weighted by atomic mass is 10.0. The highest BCUT2D eigenvalue weighted by Crippen LogP contribution is 2.20. The van der Waals surface area contributed by atoms with Crippen LogP contribution >= 0.6 is 12.4 Å². The molecule has 9 heteroatoms. The smallest absolute Gasteiger partial charge is 0.261 e. The summed E-state index contributed by atoms with van der Waals surface area (Å²) in [6.45, 7) is 2.75. The van der Waals surface area contributed by atoms with E-state index >= 15 is 0 Å². The monoisotopic (exact) mass is 427 g/mol. The van der Waals surface area contributed by atoms with Gasteiger partial charge in [0.2, 0.25) is 0 Å². The summed E-state index contributed by atoms with van der Waals surface area (Å²) < 4.78 is 40.7. The number of piperidine rings is 1. The van der Waals surface area contributed by atoms with Crippen LogP contribution in [-0.2, 0) is 10.0 Å². The highest BCUT2D eigenvalue weighted by atomic mass is 35.5. The molecular weight excluding hydrogens is 405 g/mol. The van der Waals surface area contributed by atoms with Crippen LogP contribution in [-0.4, -0.2) is 38.4 Å². The third-order valence-corrected chi connectivity index (χ3v) is 6.03. The summed E-state index contributed by atoms with van der Waals surface area (Å²) in [4.78, 5) is 14.2. The van der Waals surface area contributed by atoms with Crippen LogP contribution in [0.1, 0.15) is 28.8 Å². The number of carbonyl (C=O) groups excluding carboxylic acids is 1. The summed E-state index contributed by atoms with van der Waals surface area (Å²) >= 11 is 0. The summed E-state index contributed by atoms with van der Waals surface area (Å²) in [5.41, 5.74) is 6.93. The van der Waals surface area contributed by atoms with E-state index in [1.54, 1.807) is 17.0 Å². The first-order valence-corrected chi connectivity index (χ1v) is 10.2. The molecule has 0 aliphatic carbocycles. The lowest BCUT2D eigenvalue weighted by molar-refractivity contribution is 0.0715. The molecule has 152 valence electrons. The minimum Gasteiger partial charge on any atom is -0.339 e. The molecule has 3 rings (SSSR count). The van der Waals surface area contributed by atoms with Gasteiger partial charge in [0, 0.05) is 30.4 Å². The Kier molecular flexibility index (Phi) is 7.03. The third kappa shape index (κ3) is 5.01. The van der Waals surface area contributed by atoms with E-state index in [9.17, 15) is 17.6 Å². The molecule has 3 N–H and O–H groups in total. The van der Waals surface area contributed by atoms with Gasteiger partial charge in [-0.15, -0.1) is 12.4 Å². The Hall–Kier alpha value is -2.16. The van der Waals surface area contributed by atoms with E-state index in [-0.39, 0.29) is 34.8 Å². The molecule has 2 aromatic carbocycles. The lowest BCUT2D eigenvalue weighted by Gasteiger charge is -2.30. The van der Waals surface area contributed by atoms with Gasteiger partial charge in [-0.05, 0) is 67.8 Å². The molecule has 2 aromatic rings. The van der Waals surface area contributed by atoms with Gasteiger partial charge >= 0.3 is 0 Å². The van der Waals surface area contributed by atoms with E-state index in [1.165, 1.54) is 31.2 Å². The zero-order chi connectivity index (χ0) is 19.6. The van der Waals surface area contributed by atoms with Crippen molar-refractivity contribution in [2.24, 2.45) is 5.73 Å². The molecule has 1 fully saturated rings. The SMILES string of the molecule is Cc1cc(S(=O)(=O)Nc2ccc(C(=O)N3CCC(N)CC3)cc2)ccc1F.Cl. The maximum atomic E-state index is 13.4. The molecule has 1 amide bonds. The van der Waals surface area contributed by atoms with E-state index in [2.05, 4.69) is 4.72 Å². The van der Waals surface area contributed by atoms with Crippen molar-refractivity contribution in [2.45, 2.75) is 30.7 Å². The molecule has 28 heavy (non-hydrogen) atoms. The molecule has 0 radical (unpaired) electrons. The van der Waals surface area contributed by atoms with E-state index < -0.39 is 15.8 Å². The molecule has 0 unspecified atom stereocenters. The van der Waals surface area contributed by atoms with Crippen LogP contribution in [0.25, 0.3) is 0 Å². The number of nitrogens with two attached hydrogens (primary N) is 1. The molecular formula is C19H23ClFN3O3S. The average Bonchev–Trinajstić information content (AvgIpc) is 2.64. The number of nitrogens with zero attached hydrogens (tertiary/aromatic N) is 1. The minimum absolute atomic E-state index is 0. The number of amides is 1. The van der Waals surface area contributed by atoms with Gasteiger partial charge in [0.25, 0.3) is 15.9 Å². The van der Waals surface area contributed by atoms with Crippen LogP contribution in [0, 0.1) is 12.7 Å². The highest BCUT2D eigenvalue weighted by molar-refractivity contribution is 7.92. The molecule has 1 heterocycles. The summed E-state index contributed by atoms with van der Waals surface area (Å²) in [6.07, 6.45) is 1.56. The fourth-order valence-electron chi connectivity index (χ4n) is 2.96. The second-order valence-corrected chi connectivity index (χ2v) is 8.41. The van der Waals surface area contributed by atoms with Gasteiger partial charge in [0.15, 0.2) is 0 Å². The van der Waals surface area contributed by atoms with Gasteiger partial charge in [0.1, 0.15) is 5.82 Å². The maximum Gasteiger partial charge on any atom is 0.261 e. The van der Waals surface area contributed by atoms with Crippen molar-refractivity contribution in [3.05, 3.63) is 59.4 Å². The average molecular weight is 428 g/mol. The Bertz CT molecular complexity index is 943. The van der Waals surface area contributed by atoms with E-state index in [0.717, 1.165) is 18.9 Å². The molecule has 1 saturated heterocycles. The number of hydrogen-bond acceptors (Lipinski definition) is 4. The van der Waals surface area contributed by atoms with Gasteiger partial charge in [-0.25, -0.2) is 12.8 Å². The second-order valence-electron chi connectivity index (χ2n) is 6.72. The first kappa shape index (κ1) is 22.1. The van der Waals surface area contributed by atoms with Crippen LogP contribution in [0.5, 0.6) is 0 Å². The standard InChI is InChI=1S/C19H22FN3O3S.ClH/c1-13-12-17(6-7-18(13)20)27(25,26)22-16-4-2-14(3-5-16)19(24)23-10-8-15(21)9-11-23;/h2-7,12,15,22H,8-11,21H2,1H3;1H. The first-order chi connectivity index (χ1) is 12.8. The molecule has 0 aromatic heterocycles. The van der Waals surface area contributed by atoms with E-state index in [0.29, 0.717) is 24.3 Å². The van der Waals surface area contributed by atoms with Crippen LogP contribution in [0.2, 0.25) is 0 Å². The van der Waals surface area contributed by atoms with Crippen LogP contribution in [0.3, 0.4) is 0 Å². The van der Waals surface area contributed by atoms with Crippen LogP contribution < -0.4 is 10.5 Å². The normalized spacial score (nSPS) is 15.0. The Labute approximate surface area is 170 Å². The van der Waals surface area contributed by atoms with E-state index in [1.807, 2.05) is 0 Å². The van der Waals surface area contributed by atoms with Crippen molar-refractivity contribution in [1.29, 1.82) is 0 Å². The van der Waals surface area contributed by atoms with Crippen molar-refractivity contribution in [3.8, 4) is 0 Å². The minimum atomic E-state index is -3.84. The van der Waals surface area contributed by atoms with Crippen molar-refractivity contribution in [3.63, 3.8) is 0 Å². The second kappa shape index (κ2) is 8.89. The largest absolute Gasteiger partial charge is 0.339 e. The molecule has 0 saturated carbocycles. The fraction of sp³-hybridized carbons (Fsp3) is 0.316. The van der Waals surface area contributed by atoms with Gasteiger partial charge < -0.3 is 10.6 Å². The number of rotatable bonds is 4. The Morgan fingerprint density at radius 2 is 1.75 bits per heavy atom. The zero-order valence-corrected chi connectivity index (χ0v) is 17.0. The van der Waals surface area contributed by atoms with Gasteiger partial charge in [-0.3, -0.25) is 9.52 Å². The quantitative estimate of drug-likeness (QED) is 0.784. The molecule has 1 aliphatic heterocycles. The number of halogens is 2.